The summed E-state index contributed by atoms with van der Waals surface area (Å²) in [5, 5.41) is 0. The number of hydrogen-bond donors (Lipinski definition) is 0. The van der Waals surface area contributed by atoms with Crippen molar-refractivity contribution < 1.29 is 0 Å². The van der Waals surface area contributed by atoms with Gasteiger partial charge in [0.25, 0.3) is 0 Å². The van der Waals surface area contributed by atoms with Crippen LogP contribution in [-0.2, 0) is 5.41 Å². The highest BCUT2D eigenvalue weighted by Gasteiger charge is 2.56. The summed E-state index contributed by atoms with van der Waals surface area (Å²) < 4.78 is 0. The van der Waals surface area contributed by atoms with Crippen LogP contribution in [0.3, 0.4) is 0 Å². The number of benzene rings is 2. The summed E-state index contributed by atoms with van der Waals surface area (Å²) in [6.45, 7) is 4.41. The molecule has 0 saturated heterocycles. The third-order valence-corrected chi connectivity index (χ3v) is 4.54. The van der Waals surface area contributed by atoms with Crippen LogP contribution in [-0.4, -0.2) is 0 Å². The zero-order chi connectivity index (χ0) is 13.3. The van der Waals surface area contributed by atoms with Crippen molar-refractivity contribution in [3.63, 3.8) is 0 Å². The van der Waals surface area contributed by atoms with Crippen molar-refractivity contribution in [3.8, 4) is 0 Å². The van der Waals surface area contributed by atoms with Crippen molar-refractivity contribution in [3.05, 3.63) is 83.4 Å². The molecule has 1 saturated carbocycles. The average Bonchev–Trinajstić information content (AvgIpc) is 3.25. The van der Waals surface area contributed by atoms with E-state index in [0.29, 0.717) is 5.92 Å². The molecule has 0 amide bonds. The fourth-order valence-electron chi connectivity index (χ4n) is 3.29. The number of rotatable bonds is 3. The van der Waals surface area contributed by atoms with Gasteiger partial charge in [-0.15, -0.1) is 0 Å². The Kier molecular flexibility index (Phi) is 3.02. The van der Waals surface area contributed by atoms with Crippen molar-refractivity contribution in [1.29, 1.82) is 0 Å². The van der Waals surface area contributed by atoms with Gasteiger partial charge in [-0.2, -0.15) is 0 Å². The summed E-state index contributed by atoms with van der Waals surface area (Å²) >= 11 is 0. The van der Waals surface area contributed by atoms with E-state index in [4.69, 9.17) is 0 Å². The summed E-state index contributed by atoms with van der Waals surface area (Å²) in [5.74, 6) is 0.655. The molecule has 0 N–H and O–H groups in total. The van der Waals surface area contributed by atoms with E-state index in [1.807, 2.05) is 0 Å². The van der Waals surface area contributed by atoms with Gasteiger partial charge in [-0.05, 0) is 37.3 Å². The van der Waals surface area contributed by atoms with E-state index in [2.05, 4.69) is 80.6 Å². The predicted octanol–water partition coefficient (Wildman–Crippen LogP) is 4.96. The Morgan fingerprint density at radius 1 is 0.947 bits per heavy atom. The average molecular weight is 248 g/mol. The van der Waals surface area contributed by atoms with E-state index in [9.17, 15) is 0 Å². The van der Waals surface area contributed by atoms with Crippen molar-refractivity contribution in [1.82, 2.24) is 0 Å². The first kappa shape index (κ1) is 12.2. The fraction of sp³-hybridized carbons (Fsp3) is 0.263. The van der Waals surface area contributed by atoms with Crippen LogP contribution in [0.15, 0.2) is 72.3 Å². The minimum absolute atomic E-state index is 0.207. The molecule has 0 radical (unpaired) electrons. The second-order valence-corrected chi connectivity index (χ2v) is 5.49. The van der Waals surface area contributed by atoms with Gasteiger partial charge in [0.05, 0.1) is 0 Å². The van der Waals surface area contributed by atoms with Gasteiger partial charge in [0.1, 0.15) is 0 Å². The lowest BCUT2D eigenvalue weighted by atomic mass is 9.84. The van der Waals surface area contributed by atoms with Gasteiger partial charge in [-0.1, -0.05) is 72.3 Å². The summed E-state index contributed by atoms with van der Waals surface area (Å²) in [4.78, 5) is 0. The van der Waals surface area contributed by atoms with E-state index in [1.54, 1.807) is 0 Å². The quantitative estimate of drug-likeness (QED) is 0.673. The Bertz CT molecular complexity index is 538. The third kappa shape index (κ3) is 1.92. The largest absolute Gasteiger partial charge is 0.0884 e. The van der Waals surface area contributed by atoms with E-state index in [0.717, 1.165) is 0 Å². The summed E-state index contributed by atoms with van der Waals surface area (Å²) in [6, 6.07) is 21.9. The monoisotopic (exact) mass is 248 g/mol. The first-order chi connectivity index (χ1) is 9.29. The molecule has 0 spiro atoms. The molecule has 2 aromatic rings. The van der Waals surface area contributed by atoms with Crippen LogP contribution in [0, 0.1) is 5.92 Å². The smallest absolute Gasteiger partial charge is 0.0274 e. The molecule has 1 aliphatic rings. The molecule has 0 bridgehead atoms. The molecule has 1 atom stereocenters. The maximum absolute atomic E-state index is 2.27. The second kappa shape index (κ2) is 4.70. The lowest BCUT2D eigenvalue weighted by Crippen LogP contribution is -2.12. The van der Waals surface area contributed by atoms with Gasteiger partial charge >= 0.3 is 0 Å². The SMILES string of the molecule is C/C=C(\C)[C@H]1CC1(c1ccccc1)c1ccccc1. The number of hydrogen-bond acceptors (Lipinski definition) is 0. The van der Waals surface area contributed by atoms with E-state index >= 15 is 0 Å². The maximum Gasteiger partial charge on any atom is 0.0274 e. The highest BCUT2D eigenvalue weighted by atomic mass is 14.6. The third-order valence-electron chi connectivity index (χ3n) is 4.54. The van der Waals surface area contributed by atoms with Gasteiger partial charge in [0.2, 0.25) is 0 Å². The topological polar surface area (TPSA) is 0 Å². The van der Waals surface area contributed by atoms with Crippen LogP contribution in [0.25, 0.3) is 0 Å². The molecule has 0 heteroatoms. The fourth-order valence-corrected chi connectivity index (χ4v) is 3.29. The Balaban J connectivity index is 2.10. The number of allylic oxidation sites excluding steroid dienone is 2. The Labute approximate surface area is 115 Å². The van der Waals surface area contributed by atoms with Gasteiger partial charge in [-0.3, -0.25) is 0 Å². The first-order valence-electron chi connectivity index (χ1n) is 7.03. The van der Waals surface area contributed by atoms with Gasteiger partial charge in [-0.25, -0.2) is 0 Å². The van der Waals surface area contributed by atoms with Crippen molar-refractivity contribution >= 4 is 0 Å². The van der Waals surface area contributed by atoms with Crippen LogP contribution < -0.4 is 0 Å². The van der Waals surface area contributed by atoms with Gasteiger partial charge in [0, 0.05) is 5.41 Å². The van der Waals surface area contributed by atoms with Crippen LogP contribution >= 0.6 is 0 Å². The molecule has 0 unspecified atom stereocenters. The highest BCUT2D eigenvalue weighted by Crippen LogP contribution is 2.61. The molecule has 2 aromatic carbocycles. The van der Waals surface area contributed by atoms with Crippen molar-refractivity contribution in [2.75, 3.05) is 0 Å². The molecule has 0 aromatic heterocycles. The minimum Gasteiger partial charge on any atom is -0.0884 e. The molecule has 0 aliphatic heterocycles. The van der Waals surface area contributed by atoms with E-state index in [1.165, 1.54) is 23.1 Å². The van der Waals surface area contributed by atoms with Crippen LogP contribution in [0.1, 0.15) is 31.4 Å². The summed E-state index contributed by atoms with van der Waals surface area (Å²) in [7, 11) is 0. The molecule has 0 heterocycles. The zero-order valence-electron chi connectivity index (χ0n) is 11.6. The standard InChI is InChI=1S/C19H20/c1-3-15(2)18-14-19(18,16-10-6-4-7-11-16)17-12-8-5-9-13-17/h3-13,18H,14H2,1-2H3/b15-3+/t18-/m1/s1. The van der Waals surface area contributed by atoms with E-state index in [-0.39, 0.29) is 5.41 Å². The van der Waals surface area contributed by atoms with Crippen molar-refractivity contribution in [2.45, 2.75) is 25.7 Å². The molecule has 0 nitrogen and oxygen atoms in total. The summed E-state index contributed by atoms with van der Waals surface area (Å²) in [5.41, 5.74) is 4.62. The van der Waals surface area contributed by atoms with Gasteiger partial charge < -0.3 is 0 Å². The van der Waals surface area contributed by atoms with Crippen molar-refractivity contribution in [2.24, 2.45) is 5.92 Å². The first-order valence-corrected chi connectivity index (χ1v) is 7.03. The molecule has 1 aliphatic carbocycles. The molecule has 96 valence electrons. The Morgan fingerprint density at radius 2 is 1.42 bits per heavy atom. The lowest BCUT2D eigenvalue weighted by Gasteiger charge is -2.19. The highest BCUT2D eigenvalue weighted by molar-refractivity contribution is 5.50. The van der Waals surface area contributed by atoms with Gasteiger partial charge in [0.15, 0.2) is 0 Å². The van der Waals surface area contributed by atoms with Crippen LogP contribution in [0.5, 0.6) is 0 Å². The molecular weight excluding hydrogens is 228 g/mol. The van der Waals surface area contributed by atoms with Crippen LogP contribution in [0.2, 0.25) is 0 Å². The van der Waals surface area contributed by atoms with E-state index < -0.39 is 0 Å². The Morgan fingerprint density at radius 3 is 1.84 bits per heavy atom. The maximum atomic E-state index is 2.27. The Hall–Kier alpha value is -1.82. The van der Waals surface area contributed by atoms with Crippen LogP contribution in [0.4, 0.5) is 0 Å². The molecule has 1 fully saturated rings. The predicted molar refractivity (Wildman–Crippen MR) is 81.2 cm³/mol. The minimum atomic E-state index is 0.207. The summed E-state index contributed by atoms with van der Waals surface area (Å²) in [6.07, 6.45) is 3.50. The zero-order valence-corrected chi connectivity index (χ0v) is 11.6. The molecular formula is C19H20. The normalized spacial score (nSPS) is 21.2. The second-order valence-electron chi connectivity index (χ2n) is 5.49. The molecule has 3 rings (SSSR count). The lowest BCUT2D eigenvalue weighted by molar-refractivity contribution is 0.764. The molecule has 19 heavy (non-hydrogen) atoms.